The number of para-hydroxylation sites is 1. The topological polar surface area (TPSA) is 42.7 Å². The Balaban J connectivity index is 1.88. The van der Waals surface area contributed by atoms with Crippen molar-refractivity contribution in [2.45, 2.75) is 39.2 Å². The molecule has 1 N–H and O–H groups in total. The van der Waals surface area contributed by atoms with E-state index in [0.717, 1.165) is 24.6 Å². The van der Waals surface area contributed by atoms with Crippen molar-refractivity contribution in [3.63, 3.8) is 0 Å². The Hall–Kier alpha value is -1.84. The Morgan fingerprint density at radius 2 is 2.11 bits per heavy atom. The summed E-state index contributed by atoms with van der Waals surface area (Å²) in [6, 6.07) is 8.96. The minimum atomic E-state index is 0.412. The highest BCUT2D eigenvalue weighted by molar-refractivity contribution is 5.57. The summed E-state index contributed by atoms with van der Waals surface area (Å²) in [5, 5.41) is 12.1. The summed E-state index contributed by atoms with van der Waals surface area (Å²) in [6.07, 6.45) is 0.947. The van der Waals surface area contributed by atoms with E-state index in [1.54, 1.807) is 0 Å². The molecule has 19 heavy (non-hydrogen) atoms. The van der Waals surface area contributed by atoms with Gasteiger partial charge in [-0.2, -0.15) is 0 Å². The van der Waals surface area contributed by atoms with Crippen LogP contribution < -0.4 is 5.32 Å². The average Bonchev–Trinajstić information content (AvgIpc) is 2.95. The number of fused-ring (bicyclic) bond motifs is 1. The first-order valence-electron chi connectivity index (χ1n) is 6.90. The lowest BCUT2D eigenvalue weighted by Crippen LogP contribution is -2.13. The van der Waals surface area contributed by atoms with Crippen molar-refractivity contribution in [3.8, 4) is 0 Å². The van der Waals surface area contributed by atoms with Gasteiger partial charge in [0.1, 0.15) is 11.6 Å². The van der Waals surface area contributed by atoms with Gasteiger partial charge in [0.05, 0.1) is 0 Å². The van der Waals surface area contributed by atoms with Gasteiger partial charge in [0, 0.05) is 30.6 Å². The molecule has 2 aromatic rings. The van der Waals surface area contributed by atoms with E-state index >= 15 is 0 Å². The Labute approximate surface area is 113 Å². The minimum Gasteiger partial charge on any atom is -0.384 e. The number of hydrogen-bond acceptors (Lipinski definition) is 3. The van der Waals surface area contributed by atoms with Crippen LogP contribution >= 0.6 is 0 Å². The molecule has 1 atom stereocenters. The second kappa shape index (κ2) is 4.68. The van der Waals surface area contributed by atoms with Crippen LogP contribution in [-0.4, -0.2) is 21.3 Å². The Morgan fingerprint density at radius 3 is 2.89 bits per heavy atom. The number of aryl methyl sites for hydroxylation is 1. The number of aromatic nitrogens is 3. The molecule has 3 rings (SSSR count). The van der Waals surface area contributed by atoms with E-state index < -0.39 is 0 Å². The van der Waals surface area contributed by atoms with Crippen LogP contribution in [0.3, 0.4) is 0 Å². The second-order valence-corrected chi connectivity index (χ2v) is 5.50. The van der Waals surface area contributed by atoms with Crippen molar-refractivity contribution in [2.75, 3.05) is 11.9 Å². The minimum absolute atomic E-state index is 0.412. The number of hydrogen-bond donors (Lipinski definition) is 1. The summed E-state index contributed by atoms with van der Waals surface area (Å²) in [7, 11) is 0. The summed E-state index contributed by atoms with van der Waals surface area (Å²) in [4.78, 5) is 0. The van der Waals surface area contributed by atoms with E-state index in [4.69, 9.17) is 0 Å². The van der Waals surface area contributed by atoms with Crippen LogP contribution in [0.25, 0.3) is 0 Å². The van der Waals surface area contributed by atoms with Gasteiger partial charge in [0.15, 0.2) is 0 Å². The van der Waals surface area contributed by atoms with Crippen molar-refractivity contribution in [1.29, 1.82) is 0 Å². The molecule has 0 fully saturated rings. The van der Waals surface area contributed by atoms with Gasteiger partial charge in [-0.1, -0.05) is 18.2 Å². The van der Waals surface area contributed by atoms with Gasteiger partial charge in [0.2, 0.25) is 0 Å². The summed E-state index contributed by atoms with van der Waals surface area (Å²) in [5.74, 6) is 2.59. The van der Waals surface area contributed by atoms with Crippen LogP contribution in [0.2, 0.25) is 0 Å². The molecule has 0 saturated heterocycles. The Kier molecular flexibility index (Phi) is 3.01. The number of benzene rings is 1. The molecule has 1 unspecified atom stereocenters. The van der Waals surface area contributed by atoms with Crippen LogP contribution in [0, 0.1) is 6.92 Å². The number of anilines is 1. The van der Waals surface area contributed by atoms with Crippen LogP contribution in [0.4, 0.5) is 5.69 Å². The summed E-state index contributed by atoms with van der Waals surface area (Å²) in [5.41, 5.74) is 2.67. The number of rotatable bonds is 3. The molecule has 0 radical (unpaired) electrons. The van der Waals surface area contributed by atoms with Gasteiger partial charge in [-0.05, 0) is 32.4 Å². The van der Waals surface area contributed by atoms with Gasteiger partial charge in [-0.15, -0.1) is 10.2 Å². The number of nitrogens with zero attached hydrogens (tertiary/aromatic N) is 3. The zero-order chi connectivity index (χ0) is 13.4. The van der Waals surface area contributed by atoms with Crippen molar-refractivity contribution >= 4 is 5.69 Å². The third-order valence-corrected chi connectivity index (χ3v) is 3.82. The molecule has 100 valence electrons. The molecule has 4 heteroatoms. The first-order valence-corrected chi connectivity index (χ1v) is 6.90. The van der Waals surface area contributed by atoms with Crippen LogP contribution in [0.15, 0.2) is 24.3 Å². The monoisotopic (exact) mass is 256 g/mol. The van der Waals surface area contributed by atoms with Crippen molar-refractivity contribution in [3.05, 3.63) is 41.5 Å². The van der Waals surface area contributed by atoms with E-state index in [0.29, 0.717) is 12.0 Å². The van der Waals surface area contributed by atoms with Gasteiger partial charge in [-0.25, -0.2) is 0 Å². The van der Waals surface area contributed by atoms with Crippen LogP contribution in [-0.2, 0) is 6.42 Å². The maximum Gasteiger partial charge on any atom is 0.133 e. The predicted octanol–water partition coefficient (Wildman–Crippen LogP) is 2.92. The van der Waals surface area contributed by atoms with Crippen molar-refractivity contribution < 1.29 is 0 Å². The fourth-order valence-corrected chi connectivity index (χ4v) is 2.98. The van der Waals surface area contributed by atoms with Gasteiger partial charge in [-0.3, -0.25) is 0 Å². The van der Waals surface area contributed by atoms with Gasteiger partial charge in [0.25, 0.3) is 0 Å². The zero-order valence-electron chi connectivity index (χ0n) is 11.7. The van der Waals surface area contributed by atoms with E-state index in [-0.39, 0.29) is 0 Å². The smallest absolute Gasteiger partial charge is 0.133 e. The molecule has 0 amide bonds. The van der Waals surface area contributed by atoms with Crippen LogP contribution in [0.5, 0.6) is 0 Å². The zero-order valence-corrected chi connectivity index (χ0v) is 11.7. The molecule has 2 heterocycles. The molecule has 1 aliphatic heterocycles. The van der Waals surface area contributed by atoms with E-state index in [1.165, 1.54) is 11.3 Å². The number of nitrogens with one attached hydrogen (secondary N) is 1. The molecule has 0 spiro atoms. The molecule has 0 bridgehead atoms. The fraction of sp³-hybridized carbons (Fsp3) is 0.467. The van der Waals surface area contributed by atoms with E-state index in [9.17, 15) is 0 Å². The van der Waals surface area contributed by atoms with Crippen molar-refractivity contribution in [1.82, 2.24) is 14.8 Å². The molecular formula is C15H20N4. The summed E-state index contributed by atoms with van der Waals surface area (Å²) < 4.78 is 2.24. The molecule has 0 aliphatic carbocycles. The van der Waals surface area contributed by atoms with Crippen molar-refractivity contribution in [2.24, 2.45) is 0 Å². The Morgan fingerprint density at radius 1 is 1.32 bits per heavy atom. The lowest BCUT2D eigenvalue weighted by atomic mass is 9.97. The average molecular weight is 256 g/mol. The second-order valence-electron chi connectivity index (χ2n) is 5.50. The molecule has 0 saturated carbocycles. The highest BCUT2D eigenvalue weighted by Gasteiger charge is 2.24. The molecular weight excluding hydrogens is 236 g/mol. The Bertz CT molecular complexity index is 586. The highest BCUT2D eigenvalue weighted by atomic mass is 15.3. The quantitative estimate of drug-likeness (QED) is 0.918. The maximum atomic E-state index is 4.36. The summed E-state index contributed by atoms with van der Waals surface area (Å²) in [6.45, 7) is 7.38. The largest absolute Gasteiger partial charge is 0.384 e. The predicted molar refractivity (Wildman–Crippen MR) is 76.5 cm³/mol. The third-order valence-electron chi connectivity index (χ3n) is 3.82. The first-order chi connectivity index (χ1) is 9.16. The normalized spacial score (nSPS) is 17.6. The van der Waals surface area contributed by atoms with Gasteiger partial charge >= 0.3 is 0 Å². The highest BCUT2D eigenvalue weighted by Crippen LogP contribution is 2.33. The molecule has 1 aromatic heterocycles. The maximum absolute atomic E-state index is 4.36. The van der Waals surface area contributed by atoms with Crippen LogP contribution in [0.1, 0.15) is 43.0 Å². The third kappa shape index (κ3) is 2.11. The first kappa shape index (κ1) is 12.2. The molecule has 1 aliphatic rings. The van der Waals surface area contributed by atoms with E-state index in [1.807, 2.05) is 6.92 Å². The SMILES string of the molecule is Cc1nnc(CC2CNc3ccccc32)n1C(C)C. The molecule has 4 nitrogen and oxygen atoms in total. The standard InChI is InChI=1S/C15H20N4/c1-10(2)19-11(3)17-18-15(19)8-12-9-16-14-7-5-4-6-13(12)14/h4-7,10,12,16H,8-9H2,1-3H3. The summed E-state index contributed by atoms with van der Waals surface area (Å²) >= 11 is 0. The lowest BCUT2D eigenvalue weighted by Gasteiger charge is -2.15. The fourth-order valence-electron chi connectivity index (χ4n) is 2.98. The van der Waals surface area contributed by atoms with E-state index in [2.05, 4.69) is 58.2 Å². The molecule has 1 aromatic carbocycles. The lowest BCUT2D eigenvalue weighted by molar-refractivity contribution is 0.540. The van der Waals surface area contributed by atoms with Gasteiger partial charge < -0.3 is 9.88 Å².